The first-order valence-corrected chi connectivity index (χ1v) is 14.7. The summed E-state index contributed by atoms with van der Waals surface area (Å²) in [7, 11) is 0. The fourth-order valence-corrected chi connectivity index (χ4v) is 4.75. The third kappa shape index (κ3) is 10.3. The summed E-state index contributed by atoms with van der Waals surface area (Å²) in [6.07, 6.45) is 19.3. The second kappa shape index (κ2) is 16.9. The minimum atomic E-state index is -0.189. The molecular weight excluding hydrogens is 457 g/mol. The van der Waals surface area contributed by atoms with Crippen molar-refractivity contribution in [1.82, 2.24) is 4.98 Å². The molecular formula is C34H46FNO. The van der Waals surface area contributed by atoms with Gasteiger partial charge in [-0.2, -0.15) is 0 Å². The third-order valence-corrected chi connectivity index (χ3v) is 7.10. The van der Waals surface area contributed by atoms with Crippen molar-refractivity contribution in [3.63, 3.8) is 0 Å². The molecule has 0 aliphatic heterocycles. The number of hydrogen-bond acceptors (Lipinski definition) is 2. The summed E-state index contributed by atoms with van der Waals surface area (Å²) in [4.78, 5) is 4.57. The summed E-state index contributed by atoms with van der Waals surface area (Å²) in [5.74, 6) is 0.716. The van der Waals surface area contributed by atoms with E-state index in [1.54, 1.807) is 6.07 Å². The topological polar surface area (TPSA) is 22.1 Å². The number of hydrogen-bond donors (Lipinski definition) is 0. The average molecular weight is 504 g/mol. The maximum absolute atomic E-state index is 14.8. The van der Waals surface area contributed by atoms with Crippen molar-refractivity contribution in [2.75, 3.05) is 6.61 Å². The summed E-state index contributed by atoms with van der Waals surface area (Å²) in [5.41, 5.74) is 4.40. The smallest absolute Gasteiger partial charge is 0.132 e. The summed E-state index contributed by atoms with van der Waals surface area (Å²) < 4.78 is 20.8. The molecule has 0 saturated heterocycles. The van der Waals surface area contributed by atoms with Gasteiger partial charge in [-0.15, -0.1) is 0 Å². The van der Waals surface area contributed by atoms with Crippen molar-refractivity contribution in [2.24, 2.45) is 0 Å². The number of pyridine rings is 1. The number of aromatic nitrogens is 1. The molecule has 3 aromatic rings. The van der Waals surface area contributed by atoms with Crippen molar-refractivity contribution in [1.29, 1.82) is 0 Å². The molecule has 0 atom stereocenters. The first-order valence-electron chi connectivity index (χ1n) is 14.7. The van der Waals surface area contributed by atoms with E-state index in [1.807, 2.05) is 42.6 Å². The largest absolute Gasteiger partial charge is 0.494 e. The minimum absolute atomic E-state index is 0.189. The van der Waals surface area contributed by atoms with E-state index < -0.39 is 0 Å². The van der Waals surface area contributed by atoms with E-state index in [1.165, 1.54) is 70.6 Å². The van der Waals surface area contributed by atoms with Crippen LogP contribution in [0.1, 0.15) is 103 Å². The van der Waals surface area contributed by atoms with Gasteiger partial charge in [-0.05, 0) is 60.7 Å². The number of unbranched alkanes of at least 4 members (excludes halogenated alkanes) is 11. The van der Waals surface area contributed by atoms with E-state index in [2.05, 4.69) is 31.0 Å². The molecule has 1 aromatic heterocycles. The first kappa shape index (κ1) is 28.9. The molecule has 2 nitrogen and oxygen atoms in total. The highest BCUT2D eigenvalue weighted by Gasteiger charge is 2.09. The number of ether oxygens (including phenoxy) is 1. The predicted octanol–water partition coefficient (Wildman–Crippen LogP) is 10.6. The van der Waals surface area contributed by atoms with Crippen molar-refractivity contribution >= 4 is 0 Å². The Hall–Kier alpha value is -2.68. The van der Waals surface area contributed by atoms with Gasteiger partial charge in [-0.25, -0.2) is 4.39 Å². The lowest BCUT2D eigenvalue weighted by molar-refractivity contribution is 0.304. The molecule has 0 aliphatic carbocycles. The summed E-state index contributed by atoms with van der Waals surface area (Å²) in [6, 6.07) is 17.7. The Morgan fingerprint density at radius 1 is 0.649 bits per heavy atom. The van der Waals surface area contributed by atoms with Gasteiger partial charge in [0.15, 0.2) is 0 Å². The monoisotopic (exact) mass is 503 g/mol. The van der Waals surface area contributed by atoms with E-state index >= 15 is 0 Å². The molecule has 0 amide bonds. The van der Waals surface area contributed by atoms with E-state index in [0.717, 1.165) is 48.3 Å². The molecule has 3 rings (SSSR count). The molecule has 1 heterocycles. The fourth-order valence-electron chi connectivity index (χ4n) is 4.75. The van der Waals surface area contributed by atoms with Crippen LogP contribution in [0.25, 0.3) is 22.4 Å². The van der Waals surface area contributed by atoms with Gasteiger partial charge >= 0.3 is 0 Å². The van der Waals surface area contributed by atoms with E-state index in [0.29, 0.717) is 11.3 Å². The van der Waals surface area contributed by atoms with Crippen LogP contribution < -0.4 is 4.74 Å². The molecule has 0 N–H and O–H groups in total. The average Bonchev–Trinajstić information content (AvgIpc) is 2.93. The molecule has 0 unspecified atom stereocenters. The van der Waals surface area contributed by atoms with Crippen LogP contribution in [0, 0.1) is 5.82 Å². The van der Waals surface area contributed by atoms with Crippen LogP contribution in [0.15, 0.2) is 60.8 Å². The first-order chi connectivity index (χ1) is 18.2. The predicted molar refractivity (Wildman–Crippen MR) is 156 cm³/mol. The quantitative estimate of drug-likeness (QED) is 0.161. The Morgan fingerprint density at radius 3 is 1.89 bits per heavy atom. The van der Waals surface area contributed by atoms with Crippen LogP contribution >= 0.6 is 0 Å². The summed E-state index contributed by atoms with van der Waals surface area (Å²) in [5, 5.41) is 0. The van der Waals surface area contributed by atoms with Crippen LogP contribution in [0.5, 0.6) is 5.75 Å². The maximum atomic E-state index is 14.8. The lowest BCUT2D eigenvalue weighted by Crippen LogP contribution is -1.97. The Morgan fingerprint density at radius 2 is 1.27 bits per heavy atom. The van der Waals surface area contributed by atoms with Gasteiger partial charge in [0.1, 0.15) is 11.6 Å². The normalized spacial score (nSPS) is 11.1. The summed E-state index contributed by atoms with van der Waals surface area (Å²) >= 11 is 0. The Bertz CT molecular complexity index is 1010. The third-order valence-electron chi connectivity index (χ3n) is 7.10. The lowest BCUT2D eigenvalue weighted by Gasteiger charge is -2.09. The van der Waals surface area contributed by atoms with E-state index in [4.69, 9.17) is 4.74 Å². The Kier molecular flexibility index (Phi) is 13.2. The van der Waals surface area contributed by atoms with Gasteiger partial charge in [0.2, 0.25) is 0 Å². The lowest BCUT2D eigenvalue weighted by atomic mass is 10.0. The number of nitrogens with zero attached hydrogens (tertiary/aromatic N) is 1. The fraction of sp³-hybridized carbons (Fsp3) is 0.500. The van der Waals surface area contributed by atoms with E-state index in [9.17, 15) is 4.39 Å². The second-order valence-corrected chi connectivity index (χ2v) is 10.3. The standard InChI is InChI=1S/C34H46FNO/c1-3-5-7-9-11-13-15-25-37-31-21-18-29(19-22-31)30-20-24-34(36-27-30)32-23-17-28(26-33(32)35)16-14-12-10-8-6-4-2/h17-24,26-27H,3-16,25H2,1-2H3. The highest BCUT2D eigenvalue weighted by molar-refractivity contribution is 5.67. The highest BCUT2D eigenvalue weighted by Crippen LogP contribution is 2.27. The molecule has 2 aromatic carbocycles. The van der Waals surface area contributed by atoms with Crippen LogP contribution in [0.2, 0.25) is 0 Å². The van der Waals surface area contributed by atoms with Gasteiger partial charge in [0.05, 0.1) is 12.3 Å². The SMILES string of the molecule is CCCCCCCCCOc1ccc(-c2ccc(-c3ccc(CCCCCCCC)cc3F)nc2)cc1. The van der Waals surface area contributed by atoms with Crippen LogP contribution in [-0.4, -0.2) is 11.6 Å². The molecule has 0 spiro atoms. The number of rotatable bonds is 18. The van der Waals surface area contributed by atoms with Gasteiger partial charge in [0, 0.05) is 17.3 Å². The van der Waals surface area contributed by atoms with Crippen LogP contribution in [-0.2, 0) is 6.42 Å². The van der Waals surface area contributed by atoms with Gasteiger partial charge in [-0.3, -0.25) is 4.98 Å². The van der Waals surface area contributed by atoms with Crippen LogP contribution in [0.4, 0.5) is 4.39 Å². The molecule has 0 fully saturated rings. The van der Waals surface area contributed by atoms with Crippen LogP contribution in [0.3, 0.4) is 0 Å². The number of aryl methyl sites for hydroxylation is 1. The van der Waals surface area contributed by atoms with Gasteiger partial charge < -0.3 is 4.74 Å². The molecule has 0 bridgehead atoms. The zero-order chi connectivity index (χ0) is 26.1. The zero-order valence-electron chi connectivity index (χ0n) is 23.1. The zero-order valence-corrected chi connectivity index (χ0v) is 23.1. The minimum Gasteiger partial charge on any atom is -0.494 e. The van der Waals surface area contributed by atoms with Gasteiger partial charge in [-0.1, -0.05) is 109 Å². The van der Waals surface area contributed by atoms with Crippen molar-refractivity contribution in [3.8, 4) is 28.1 Å². The van der Waals surface area contributed by atoms with Crippen molar-refractivity contribution in [2.45, 2.75) is 104 Å². The molecule has 0 aliphatic rings. The second-order valence-electron chi connectivity index (χ2n) is 10.3. The molecule has 200 valence electrons. The summed E-state index contributed by atoms with van der Waals surface area (Å²) in [6.45, 7) is 5.26. The van der Waals surface area contributed by atoms with Crippen molar-refractivity contribution in [3.05, 3.63) is 72.2 Å². The Labute approximate surface area is 224 Å². The Balaban J connectivity index is 1.45. The number of halogens is 1. The van der Waals surface area contributed by atoms with E-state index in [-0.39, 0.29) is 5.82 Å². The van der Waals surface area contributed by atoms with Gasteiger partial charge in [0.25, 0.3) is 0 Å². The molecule has 3 heteroatoms. The molecule has 0 radical (unpaired) electrons. The maximum Gasteiger partial charge on any atom is 0.132 e. The number of benzene rings is 2. The molecule has 37 heavy (non-hydrogen) atoms. The molecule has 0 saturated carbocycles. The highest BCUT2D eigenvalue weighted by atomic mass is 19.1. The van der Waals surface area contributed by atoms with Crippen molar-refractivity contribution < 1.29 is 9.13 Å².